The molecule has 3 amide bonds. The number of urea groups is 1. The number of hydrogen-bond donors (Lipinski definition) is 2. The molecule has 1 unspecified atom stereocenters. The molecule has 0 bridgehead atoms. The van der Waals surface area contributed by atoms with Crippen LogP contribution in [0.4, 0.5) is 4.79 Å². The third kappa shape index (κ3) is 3.61. The maximum absolute atomic E-state index is 11.7. The van der Waals surface area contributed by atoms with Crippen molar-refractivity contribution in [2.24, 2.45) is 0 Å². The number of benzene rings is 1. The molecule has 1 heterocycles. The fourth-order valence-electron chi connectivity index (χ4n) is 2.02. The van der Waals surface area contributed by atoms with E-state index < -0.39 is 6.03 Å². The van der Waals surface area contributed by atoms with Crippen molar-refractivity contribution in [2.45, 2.75) is 13.0 Å². The first kappa shape index (κ1) is 15.1. The molecule has 0 aliphatic rings. The smallest absolute Gasteiger partial charge is 0.321 e. The number of nitrogens with one attached hydrogen (secondary N) is 2. The van der Waals surface area contributed by atoms with E-state index in [2.05, 4.69) is 10.6 Å². The van der Waals surface area contributed by atoms with Crippen LogP contribution in [0.15, 0.2) is 34.7 Å². The number of imide groups is 1. The molecule has 21 heavy (non-hydrogen) atoms. The normalized spacial score (nSPS) is 12.4. The van der Waals surface area contributed by atoms with Gasteiger partial charge >= 0.3 is 6.03 Å². The van der Waals surface area contributed by atoms with Gasteiger partial charge in [0.2, 0.25) is 5.91 Å². The zero-order chi connectivity index (χ0) is 15.4. The number of likely N-dealkylation sites (N-methyl/N-ethyl adjacent to an activating group) is 1. The Bertz CT molecular complexity index is 617. The Hall–Kier alpha value is -2.34. The molecule has 1 aromatic heterocycles. The van der Waals surface area contributed by atoms with Crippen molar-refractivity contribution in [3.8, 4) is 0 Å². The molecule has 0 spiro atoms. The van der Waals surface area contributed by atoms with E-state index >= 15 is 0 Å². The maximum Gasteiger partial charge on any atom is 0.321 e. The summed E-state index contributed by atoms with van der Waals surface area (Å²) in [7, 11) is 3.27. The summed E-state index contributed by atoms with van der Waals surface area (Å²) in [6.45, 7) is 2.05. The number of carbonyl (C=O) groups is 2. The van der Waals surface area contributed by atoms with E-state index in [1.165, 1.54) is 7.05 Å². The van der Waals surface area contributed by atoms with Gasteiger partial charge in [0.25, 0.3) is 0 Å². The Labute approximate surface area is 123 Å². The molecule has 0 radical (unpaired) electrons. The highest BCUT2D eigenvalue weighted by molar-refractivity contribution is 5.95. The van der Waals surface area contributed by atoms with Crippen molar-refractivity contribution in [2.75, 3.05) is 20.6 Å². The van der Waals surface area contributed by atoms with Gasteiger partial charge in [-0.3, -0.25) is 15.0 Å². The molecule has 0 fully saturated rings. The summed E-state index contributed by atoms with van der Waals surface area (Å²) in [6.07, 6.45) is 0. The molecule has 112 valence electrons. The van der Waals surface area contributed by atoms with E-state index in [1.54, 1.807) is 7.05 Å². The maximum atomic E-state index is 11.7. The summed E-state index contributed by atoms with van der Waals surface area (Å²) in [5.74, 6) is 0.422. The molecule has 1 atom stereocenters. The van der Waals surface area contributed by atoms with Crippen LogP contribution in [0.5, 0.6) is 0 Å². The fourth-order valence-corrected chi connectivity index (χ4v) is 2.02. The van der Waals surface area contributed by atoms with E-state index in [0.717, 1.165) is 16.7 Å². The van der Waals surface area contributed by atoms with E-state index in [4.69, 9.17) is 4.42 Å². The highest BCUT2D eigenvalue weighted by Crippen LogP contribution is 2.26. The second kappa shape index (κ2) is 6.41. The summed E-state index contributed by atoms with van der Waals surface area (Å²) in [6, 6.07) is 9.13. The minimum atomic E-state index is -0.509. The van der Waals surface area contributed by atoms with Crippen LogP contribution < -0.4 is 10.6 Å². The zero-order valence-corrected chi connectivity index (χ0v) is 12.3. The van der Waals surface area contributed by atoms with Gasteiger partial charge in [-0.05, 0) is 26.1 Å². The van der Waals surface area contributed by atoms with Crippen LogP contribution in [0.25, 0.3) is 11.0 Å². The molecule has 6 nitrogen and oxygen atoms in total. The average Bonchev–Trinajstić information content (AvgIpc) is 2.89. The third-order valence-electron chi connectivity index (χ3n) is 3.39. The molecule has 2 aromatic rings. The van der Waals surface area contributed by atoms with Gasteiger partial charge in [-0.15, -0.1) is 0 Å². The van der Waals surface area contributed by atoms with Gasteiger partial charge in [0.15, 0.2) is 0 Å². The monoisotopic (exact) mass is 289 g/mol. The highest BCUT2D eigenvalue weighted by Gasteiger charge is 2.19. The minimum Gasteiger partial charge on any atom is -0.459 e. The molecule has 2 rings (SSSR count). The van der Waals surface area contributed by atoms with Crippen LogP contribution in [0, 0.1) is 0 Å². The fraction of sp³-hybridized carbons (Fsp3) is 0.333. The van der Waals surface area contributed by atoms with E-state index in [-0.39, 0.29) is 18.5 Å². The number of nitrogens with zero attached hydrogens (tertiary/aromatic N) is 1. The van der Waals surface area contributed by atoms with Crippen LogP contribution in [-0.2, 0) is 4.79 Å². The Balaban J connectivity index is 2.03. The van der Waals surface area contributed by atoms with Gasteiger partial charge in [0.05, 0.1) is 12.6 Å². The molecule has 6 heteroatoms. The van der Waals surface area contributed by atoms with Gasteiger partial charge in [-0.25, -0.2) is 4.79 Å². The minimum absolute atomic E-state index is 0.0761. The highest BCUT2D eigenvalue weighted by atomic mass is 16.3. The quantitative estimate of drug-likeness (QED) is 0.901. The first-order valence-corrected chi connectivity index (χ1v) is 6.71. The van der Waals surface area contributed by atoms with Gasteiger partial charge in [-0.2, -0.15) is 0 Å². The van der Waals surface area contributed by atoms with Crippen LogP contribution in [-0.4, -0.2) is 37.5 Å². The number of amides is 3. The van der Waals surface area contributed by atoms with Crippen LogP contribution in [0.1, 0.15) is 18.7 Å². The number of fused-ring (bicyclic) bond motifs is 1. The van der Waals surface area contributed by atoms with Crippen molar-refractivity contribution in [1.82, 2.24) is 15.5 Å². The summed E-state index contributed by atoms with van der Waals surface area (Å²) in [5, 5.41) is 5.60. The summed E-state index contributed by atoms with van der Waals surface area (Å²) < 4.78 is 5.78. The third-order valence-corrected chi connectivity index (χ3v) is 3.39. The molecule has 0 aliphatic heterocycles. The number of hydrogen-bond acceptors (Lipinski definition) is 4. The van der Waals surface area contributed by atoms with Crippen molar-refractivity contribution < 1.29 is 14.0 Å². The molecular formula is C15H19N3O3. The summed E-state index contributed by atoms with van der Waals surface area (Å²) in [5.41, 5.74) is 0.822. The SMILES string of the molecule is CNC(=O)NC(=O)CN(C)C(C)c1cc2ccccc2o1. The Morgan fingerprint density at radius 1 is 1.33 bits per heavy atom. The zero-order valence-electron chi connectivity index (χ0n) is 12.3. The predicted molar refractivity (Wildman–Crippen MR) is 79.9 cm³/mol. The topological polar surface area (TPSA) is 74.6 Å². The molecular weight excluding hydrogens is 270 g/mol. The molecule has 2 N–H and O–H groups in total. The first-order chi connectivity index (χ1) is 10.0. The van der Waals surface area contributed by atoms with Gasteiger partial charge in [-0.1, -0.05) is 18.2 Å². The Morgan fingerprint density at radius 2 is 2.05 bits per heavy atom. The number of para-hydroxylation sites is 1. The molecule has 0 saturated carbocycles. The number of furan rings is 1. The molecule has 1 aromatic carbocycles. The second-order valence-electron chi connectivity index (χ2n) is 4.90. The van der Waals surface area contributed by atoms with Crippen molar-refractivity contribution in [3.63, 3.8) is 0 Å². The number of carbonyl (C=O) groups excluding carboxylic acids is 2. The van der Waals surface area contributed by atoms with Crippen LogP contribution in [0.3, 0.4) is 0 Å². The van der Waals surface area contributed by atoms with Gasteiger partial charge < -0.3 is 9.73 Å². The number of rotatable bonds is 4. The Morgan fingerprint density at radius 3 is 2.71 bits per heavy atom. The molecule has 0 saturated heterocycles. The van der Waals surface area contributed by atoms with Crippen molar-refractivity contribution in [1.29, 1.82) is 0 Å². The van der Waals surface area contributed by atoms with Crippen LogP contribution in [0.2, 0.25) is 0 Å². The Kier molecular flexibility index (Phi) is 4.59. The van der Waals surface area contributed by atoms with E-state index in [0.29, 0.717) is 0 Å². The van der Waals surface area contributed by atoms with Gasteiger partial charge in [0.1, 0.15) is 11.3 Å². The predicted octanol–water partition coefficient (Wildman–Crippen LogP) is 1.88. The largest absolute Gasteiger partial charge is 0.459 e. The van der Waals surface area contributed by atoms with Crippen LogP contribution >= 0.6 is 0 Å². The second-order valence-corrected chi connectivity index (χ2v) is 4.90. The average molecular weight is 289 g/mol. The van der Waals surface area contributed by atoms with E-state index in [9.17, 15) is 9.59 Å². The molecule has 0 aliphatic carbocycles. The first-order valence-electron chi connectivity index (χ1n) is 6.71. The lowest BCUT2D eigenvalue weighted by Crippen LogP contribution is -2.43. The van der Waals surface area contributed by atoms with Gasteiger partial charge in [0, 0.05) is 12.4 Å². The lowest BCUT2D eigenvalue weighted by atomic mass is 10.2. The van der Waals surface area contributed by atoms with Crippen molar-refractivity contribution >= 4 is 22.9 Å². The summed E-state index contributed by atoms with van der Waals surface area (Å²) >= 11 is 0. The van der Waals surface area contributed by atoms with E-state index in [1.807, 2.05) is 42.2 Å². The lowest BCUT2D eigenvalue weighted by Gasteiger charge is -2.21. The standard InChI is InChI=1S/C15H19N3O3/c1-10(18(3)9-14(19)17-15(20)16-2)13-8-11-6-4-5-7-12(11)21-13/h4-8,10H,9H2,1-3H3,(H2,16,17,19,20). The van der Waals surface area contributed by atoms with Crippen molar-refractivity contribution in [3.05, 3.63) is 36.1 Å². The lowest BCUT2D eigenvalue weighted by molar-refractivity contribution is -0.121. The summed E-state index contributed by atoms with van der Waals surface area (Å²) in [4.78, 5) is 24.6.